The number of hydrogen-bond acceptors (Lipinski definition) is 2. The molecular weight excluding hydrogens is 440 g/mol. The highest BCUT2D eigenvalue weighted by molar-refractivity contribution is 8.00. The Morgan fingerprint density at radius 1 is 1.06 bits per heavy atom. The van der Waals surface area contributed by atoms with Gasteiger partial charge in [-0.2, -0.15) is 0 Å². The normalized spacial score (nSPS) is 16.1. The minimum atomic E-state index is 0.265. The largest absolute Gasteiger partial charge is 0.332 e. The van der Waals surface area contributed by atoms with E-state index < -0.39 is 0 Å². The van der Waals surface area contributed by atoms with Gasteiger partial charge in [-0.3, -0.25) is 0 Å². The molecule has 160 valence electrons. The number of anilines is 2. The quantitative estimate of drug-likeness (QED) is 0.372. The maximum atomic E-state index is 6.16. The number of para-hydroxylation sites is 1. The first-order chi connectivity index (χ1) is 15.0. The fraction of sp³-hybridized carbons (Fsp3) is 0.269. The molecule has 1 N–H and O–H groups in total. The second-order valence-corrected chi connectivity index (χ2v) is 10.1. The van der Waals surface area contributed by atoms with Crippen LogP contribution in [0.25, 0.3) is 0 Å². The lowest BCUT2D eigenvalue weighted by Crippen LogP contribution is -2.39. The molecule has 3 aromatic rings. The third kappa shape index (κ3) is 5.43. The number of fused-ring (bicyclic) bond motifs is 1. The van der Waals surface area contributed by atoms with Gasteiger partial charge in [-0.1, -0.05) is 79.7 Å². The van der Waals surface area contributed by atoms with Crippen molar-refractivity contribution in [1.82, 2.24) is 0 Å². The lowest BCUT2D eigenvalue weighted by molar-refractivity contribution is 0.524. The van der Waals surface area contributed by atoms with E-state index in [0.717, 1.165) is 24.9 Å². The molecule has 1 aliphatic heterocycles. The van der Waals surface area contributed by atoms with Crippen LogP contribution >= 0.6 is 35.6 Å². The van der Waals surface area contributed by atoms with Crippen LogP contribution in [-0.4, -0.2) is 10.5 Å². The van der Waals surface area contributed by atoms with Gasteiger partial charge < -0.3 is 10.2 Å². The predicted molar refractivity (Wildman–Crippen MR) is 140 cm³/mol. The van der Waals surface area contributed by atoms with Crippen molar-refractivity contribution >= 4 is 52.1 Å². The van der Waals surface area contributed by atoms with Gasteiger partial charge in [0.05, 0.1) is 11.1 Å². The van der Waals surface area contributed by atoms with Crippen molar-refractivity contribution in [2.45, 2.75) is 43.4 Å². The van der Waals surface area contributed by atoms with Crippen molar-refractivity contribution in [3.05, 3.63) is 88.9 Å². The number of benzene rings is 3. The first-order valence-electron chi connectivity index (χ1n) is 10.7. The van der Waals surface area contributed by atoms with Crippen molar-refractivity contribution in [3.8, 4) is 0 Å². The molecule has 0 radical (unpaired) electrons. The molecule has 0 fully saturated rings. The summed E-state index contributed by atoms with van der Waals surface area (Å²) >= 11 is 13.9. The summed E-state index contributed by atoms with van der Waals surface area (Å²) in [4.78, 5) is 3.55. The van der Waals surface area contributed by atoms with Gasteiger partial charge in [-0.15, -0.1) is 0 Å². The Bertz CT molecular complexity index is 1050. The molecule has 0 amide bonds. The van der Waals surface area contributed by atoms with Crippen LogP contribution in [0.3, 0.4) is 0 Å². The van der Waals surface area contributed by atoms with E-state index >= 15 is 0 Å². The monoisotopic (exact) mass is 466 g/mol. The van der Waals surface area contributed by atoms with E-state index in [0.29, 0.717) is 16.1 Å². The maximum absolute atomic E-state index is 6.16. The zero-order valence-corrected chi connectivity index (χ0v) is 20.2. The molecule has 0 aromatic heterocycles. The van der Waals surface area contributed by atoms with Gasteiger partial charge in [-0.25, -0.2) is 0 Å². The number of rotatable bonds is 6. The first-order valence-corrected chi connectivity index (χ1v) is 12.4. The van der Waals surface area contributed by atoms with E-state index in [-0.39, 0.29) is 5.37 Å². The first kappa shape index (κ1) is 22.2. The summed E-state index contributed by atoms with van der Waals surface area (Å²) in [6.07, 6.45) is 3.20. The van der Waals surface area contributed by atoms with Gasteiger partial charge in [0, 0.05) is 15.6 Å². The van der Waals surface area contributed by atoms with Gasteiger partial charge in [-0.05, 0) is 78.9 Å². The van der Waals surface area contributed by atoms with Crippen LogP contribution in [0.2, 0.25) is 5.02 Å². The Labute approximate surface area is 200 Å². The van der Waals surface area contributed by atoms with Crippen LogP contribution in [0.1, 0.15) is 31.4 Å². The van der Waals surface area contributed by atoms with Gasteiger partial charge in [0.25, 0.3) is 0 Å². The third-order valence-electron chi connectivity index (χ3n) is 5.59. The molecule has 3 aromatic carbocycles. The van der Waals surface area contributed by atoms with E-state index in [1.165, 1.54) is 21.7 Å². The molecule has 0 spiro atoms. The highest BCUT2D eigenvalue weighted by atomic mass is 35.5. The smallest absolute Gasteiger partial charge is 0.178 e. The number of thioether (sulfide) groups is 1. The van der Waals surface area contributed by atoms with E-state index in [9.17, 15) is 0 Å². The third-order valence-corrected chi connectivity index (χ3v) is 7.40. The van der Waals surface area contributed by atoms with E-state index in [2.05, 4.69) is 72.6 Å². The second-order valence-electron chi connectivity index (χ2n) is 8.07. The van der Waals surface area contributed by atoms with Gasteiger partial charge >= 0.3 is 0 Å². The van der Waals surface area contributed by atoms with Crippen LogP contribution in [0, 0.1) is 5.92 Å². The highest BCUT2D eigenvalue weighted by Gasteiger charge is 2.33. The minimum Gasteiger partial charge on any atom is -0.332 e. The fourth-order valence-electron chi connectivity index (χ4n) is 3.99. The molecule has 5 heteroatoms. The predicted octanol–water partition coefficient (Wildman–Crippen LogP) is 7.81. The van der Waals surface area contributed by atoms with E-state index in [4.69, 9.17) is 23.8 Å². The molecular formula is C26H27ClN2S2. The van der Waals surface area contributed by atoms with E-state index in [1.807, 2.05) is 36.0 Å². The Morgan fingerprint density at radius 2 is 1.81 bits per heavy atom. The zero-order chi connectivity index (χ0) is 21.8. The summed E-state index contributed by atoms with van der Waals surface area (Å²) in [5, 5.41) is 5.07. The topological polar surface area (TPSA) is 15.3 Å². The van der Waals surface area contributed by atoms with Crippen molar-refractivity contribution < 1.29 is 0 Å². The summed E-state index contributed by atoms with van der Waals surface area (Å²) in [5.74, 6) is 0.538. The lowest BCUT2D eigenvalue weighted by Gasteiger charge is -2.29. The van der Waals surface area contributed by atoms with Crippen LogP contribution in [0.15, 0.2) is 77.7 Å². The molecule has 1 heterocycles. The SMILES string of the molecule is CCc1ccc(CC(C)CC2Sc3ccccc3N2C(=S)Nc2cccc(Cl)c2)cc1. The number of thiocarbonyl (C=S) groups is 1. The summed E-state index contributed by atoms with van der Waals surface area (Å²) in [5.41, 5.74) is 4.88. The summed E-state index contributed by atoms with van der Waals surface area (Å²) in [7, 11) is 0. The van der Waals surface area contributed by atoms with Crippen LogP contribution < -0.4 is 10.2 Å². The van der Waals surface area contributed by atoms with Crippen molar-refractivity contribution in [3.63, 3.8) is 0 Å². The van der Waals surface area contributed by atoms with Crippen LogP contribution in [0.4, 0.5) is 11.4 Å². The average molecular weight is 467 g/mol. The minimum absolute atomic E-state index is 0.265. The number of halogens is 1. The molecule has 31 heavy (non-hydrogen) atoms. The molecule has 0 aliphatic carbocycles. The molecule has 0 saturated heterocycles. The molecule has 1 aliphatic rings. The van der Waals surface area contributed by atoms with E-state index in [1.54, 1.807) is 0 Å². The van der Waals surface area contributed by atoms with Crippen molar-refractivity contribution in [1.29, 1.82) is 0 Å². The van der Waals surface area contributed by atoms with Crippen molar-refractivity contribution in [2.24, 2.45) is 5.92 Å². The van der Waals surface area contributed by atoms with Crippen molar-refractivity contribution in [2.75, 3.05) is 10.2 Å². The molecule has 0 bridgehead atoms. The standard InChI is InChI=1S/C26H27ClN2S2/c1-3-19-11-13-20(14-12-19)15-18(2)16-25-29(23-9-4-5-10-24(23)31-25)26(30)28-22-8-6-7-21(27)17-22/h4-14,17-18,25H,3,15-16H2,1-2H3,(H,28,30). The number of nitrogens with one attached hydrogen (secondary N) is 1. The Morgan fingerprint density at radius 3 is 2.55 bits per heavy atom. The highest BCUT2D eigenvalue weighted by Crippen LogP contribution is 2.46. The number of aryl methyl sites for hydroxylation is 1. The molecule has 0 saturated carbocycles. The number of hydrogen-bond donors (Lipinski definition) is 1. The molecule has 2 atom stereocenters. The average Bonchev–Trinajstić information content (AvgIpc) is 3.12. The summed E-state index contributed by atoms with van der Waals surface area (Å²) < 4.78 is 0. The fourth-order valence-corrected chi connectivity index (χ4v) is 6.08. The van der Waals surface area contributed by atoms with Gasteiger partial charge in [0.15, 0.2) is 5.11 Å². The second kappa shape index (κ2) is 10.1. The maximum Gasteiger partial charge on any atom is 0.178 e. The zero-order valence-electron chi connectivity index (χ0n) is 17.8. The van der Waals surface area contributed by atoms with Crippen LogP contribution in [0.5, 0.6) is 0 Å². The molecule has 2 unspecified atom stereocenters. The lowest BCUT2D eigenvalue weighted by atomic mass is 9.96. The summed E-state index contributed by atoms with van der Waals surface area (Å²) in [6, 6.07) is 25.3. The van der Waals surface area contributed by atoms with Crippen LogP contribution in [-0.2, 0) is 12.8 Å². The van der Waals surface area contributed by atoms with Gasteiger partial charge in [0.1, 0.15) is 0 Å². The molecule has 4 rings (SSSR count). The molecule has 2 nitrogen and oxygen atoms in total. The number of nitrogens with zero attached hydrogens (tertiary/aromatic N) is 1. The van der Waals surface area contributed by atoms with Gasteiger partial charge in [0.2, 0.25) is 0 Å². The summed E-state index contributed by atoms with van der Waals surface area (Å²) in [6.45, 7) is 4.53. The Balaban J connectivity index is 1.49. The Kier molecular flexibility index (Phi) is 7.21. The Hall–Kier alpha value is -2.01.